The molecular formula is C73H114O6. The highest BCUT2D eigenvalue weighted by atomic mass is 16.6. The van der Waals surface area contributed by atoms with E-state index in [-0.39, 0.29) is 37.5 Å². The number of hydrogen-bond acceptors (Lipinski definition) is 6. The Hall–Kier alpha value is -5.23. The summed E-state index contributed by atoms with van der Waals surface area (Å²) in [5.74, 6) is -0.998. The molecule has 0 aliphatic rings. The molecule has 0 aromatic heterocycles. The van der Waals surface area contributed by atoms with Gasteiger partial charge in [0.05, 0.1) is 0 Å². The maximum Gasteiger partial charge on any atom is 0.306 e. The van der Waals surface area contributed by atoms with Crippen molar-refractivity contribution >= 4 is 17.9 Å². The molecule has 0 saturated heterocycles. The molecule has 6 heteroatoms. The smallest absolute Gasteiger partial charge is 0.306 e. The Morgan fingerprint density at radius 2 is 0.506 bits per heavy atom. The van der Waals surface area contributed by atoms with Gasteiger partial charge < -0.3 is 14.2 Å². The zero-order valence-electron chi connectivity index (χ0n) is 50.6. The first-order valence-electron chi connectivity index (χ1n) is 31.6. The van der Waals surface area contributed by atoms with E-state index in [4.69, 9.17) is 14.2 Å². The lowest BCUT2D eigenvalue weighted by molar-refractivity contribution is -0.167. The van der Waals surface area contributed by atoms with Gasteiger partial charge in [-0.3, -0.25) is 14.4 Å². The first-order valence-corrected chi connectivity index (χ1v) is 31.6. The van der Waals surface area contributed by atoms with E-state index in [1.807, 2.05) is 0 Å². The van der Waals surface area contributed by atoms with Crippen LogP contribution in [-0.2, 0) is 28.6 Å². The maximum atomic E-state index is 12.8. The molecule has 0 spiro atoms. The minimum absolute atomic E-state index is 0.114. The van der Waals surface area contributed by atoms with Crippen molar-refractivity contribution in [2.75, 3.05) is 13.2 Å². The Bertz CT molecular complexity index is 1820. The van der Waals surface area contributed by atoms with Crippen LogP contribution in [0.5, 0.6) is 0 Å². The average Bonchev–Trinajstić information content (AvgIpc) is 3.45. The number of esters is 3. The van der Waals surface area contributed by atoms with E-state index in [9.17, 15) is 14.4 Å². The highest BCUT2D eigenvalue weighted by Gasteiger charge is 2.19. The van der Waals surface area contributed by atoms with E-state index in [1.165, 1.54) is 57.8 Å². The van der Waals surface area contributed by atoms with Gasteiger partial charge in [-0.2, -0.15) is 0 Å². The van der Waals surface area contributed by atoms with Gasteiger partial charge in [-0.25, -0.2) is 0 Å². The Morgan fingerprint density at radius 3 is 0.823 bits per heavy atom. The molecule has 1 unspecified atom stereocenters. The predicted molar refractivity (Wildman–Crippen MR) is 343 cm³/mol. The number of hydrogen-bond donors (Lipinski definition) is 0. The summed E-state index contributed by atoms with van der Waals surface area (Å²) in [6.07, 6.45) is 96.6. The van der Waals surface area contributed by atoms with Gasteiger partial charge in [-0.15, -0.1) is 0 Å². The maximum absolute atomic E-state index is 12.8. The first-order chi connectivity index (χ1) is 39.0. The van der Waals surface area contributed by atoms with Crippen molar-refractivity contribution in [1.29, 1.82) is 0 Å². The van der Waals surface area contributed by atoms with Crippen molar-refractivity contribution in [3.63, 3.8) is 0 Å². The van der Waals surface area contributed by atoms with Crippen LogP contribution in [0.2, 0.25) is 0 Å². The molecule has 0 radical (unpaired) electrons. The highest BCUT2D eigenvalue weighted by molar-refractivity contribution is 5.71. The van der Waals surface area contributed by atoms with Gasteiger partial charge in [0.2, 0.25) is 0 Å². The van der Waals surface area contributed by atoms with Crippen LogP contribution in [0.4, 0.5) is 0 Å². The molecule has 0 aromatic carbocycles. The van der Waals surface area contributed by atoms with E-state index in [1.54, 1.807) is 0 Å². The van der Waals surface area contributed by atoms with Gasteiger partial charge in [-0.1, -0.05) is 262 Å². The molecule has 0 rings (SSSR count). The lowest BCUT2D eigenvalue weighted by Crippen LogP contribution is -2.30. The van der Waals surface area contributed by atoms with Crippen LogP contribution in [-0.4, -0.2) is 37.2 Å². The van der Waals surface area contributed by atoms with Crippen LogP contribution in [0.15, 0.2) is 170 Å². The molecule has 0 N–H and O–H groups in total. The Morgan fingerprint density at radius 1 is 0.266 bits per heavy atom. The molecule has 0 amide bonds. The fraction of sp³-hybridized carbons (Fsp3) is 0.575. The predicted octanol–water partition coefficient (Wildman–Crippen LogP) is 21.9. The molecule has 0 aliphatic heterocycles. The summed E-state index contributed by atoms with van der Waals surface area (Å²) in [6.45, 7) is 6.30. The number of rotatable bonds is 55. The van der Waals surface area contributed by atoms with Gasteiger partial charge >= 0.3 is 17.9 Å². The second-order valence-electron chi connectivity index (χ2n) is 20.2. The summed E-state index contributed by atoms with van der Waals surface area (Å²) >= 11 is 0. The third-order valence-corrected chi connectivity index (χ3v) is 12.7. The van der Waals surface area contributed by atoms with Crippen molar-refractivity contribution in [1.82, 2.24) is 0 Å². The number of allylic oxidation sites excluding steroid dienone is 28. The molecule has 79 heavy (non-hydrogen) atoms. The highest BCUT2D eigenvalue weighted by Crippen LogP contribution is 2.14. The van der Waals surface area contributed by atoms with E-state index >= 15 is 0 Å². The van der Waals surface area contributed by atoms with Crippen molar-refractivity contribution < 1.29 is 28.6 Å². The molecule has 0 bridgehead atoms. The van der Waals surface area contributed by atoms with Crippen molar-refractivity contribution in [3.8, 4) is 0 Å². The quantitative estimate of drug-likeness (QED) is 0.0261. The summed E-state index contributed by atoms with van der Waals surface area (Å²) in [4.78, 5) is 38.2. The summed E-state index contributed by atoms with van der Waals surface area (Å²) in [5, 5.41) is 0. The molecule has 0 aliphatic carbocycles. The van der Waals surface area contributed by atoms with Gasteiger partial charge in [0.25, 0.3) is 0 Å². The van der Waals surface area contributed by atoms with Gasteiger partial charge in [0.1, 0.15) is 13.2 Å². The van der Waals surface area contributed by atoms with Crippen molar-refractivity contribution in [2.24, 2.45) is 0 Å². The summed E-state index contributed by atoms with van der Waals surface area (Å²) in [7, 11) is 0. The van der Waals surface area contributed by atoms with Crippen LogP contribution in [0.1, 0.15) is 252 Å². The third kappa shape index (κ3) is 63.5. The van der Waals surface area contributed by atoms with Crippen molar-refractivity contribution in [3.05, 3.63) is 170 Å². The lowest BCUT2D eigenvalue weighted by atomic mass is 10.1. The molecule has 0 fully saturated rings. The largest absolute Gasteiger partial charge is 0.462 e. The average molecular weight is 1090 g/mol. The van der Waals surface area contributed by atoms with Crippen LogP contribution in [0, 0.1) is 0 Å². The topological polar surface area (TPSA) is 78.9 Å². The van der Waals surface area contributed by atoms with E-state index in [0.29, 0.717) is 19.3 Å². The standard InChI is InChI=1S/C73H114O6/c1-4-7-10-13-16-19-22-24-26-28-29-30-31-32-33-34-35-36-37-38-39-40-41-42-43-45-46-48-51-54-57-60-63-66-72(75)78-69-70(68-77-71(74)65-62-59-56-53-50-21-18-15-12-9-6-3)79-73(76)67-64-61-58-55-52-49-47-44-27-25-23-20-17-14-11-8-5-2/h7-8,10-11,15-20,24-27,29-30,32-33,35-36,38-39,41-42,47,49,55,58,70H,4-6,9,12-14,21-23,28,31,34,37,40,43-46,48,50-54,56-57,59-69H2,1-3H3/b10-7-,11-8-,18-15-,19-16-,20-17-,26-24-,27-25-,30-29-,33-32-,36-35-,39-38-,42-41-,49-47-,58-55-. The molecule has 0 aromatic rings. The van der Waals surface area contributed by atoms with Crippen molar-refractivity contribution in [2.45, 2.75) is 258 Å². The van der Waals surface area contributed by atoms with Gasteiger partial charge in [0.15, 0.2) is 6.10 Å². The molecule has 1 atom stereocenters. The second kappa shape index (κ2) is 65.3. The van der Waals surface area contributed by atoms with Gasteiger partial charge in [-0.05, 0) is 141 Å². The van der Waals surface area contributed by atoms with Gasteiger partial charge in [0, 0.05) is 19.3 Å². The Labute approximate surface area is 485 Å². The molecule has 442 valence electrons. The third-order valence-electron chi connectivity index (χ3n) is 12.7. The molecule has 0 heterocycles. The van der Waals surface area contributed by atoms with E-state index < -0.39 is 6.10 Å². The number of ether oxygens (including phenoxy) is 3. The number of unbranched alkanes of at least 4 members (excludes halogenated alkanes) is 16. The monoisotopic (exact) mass is 1090 g/mol. The summed E-state index contributed by atoms with van der Waals surface area (Å²) < 4.78 is 16.8. The molecular weight excluding hydrogens is 973 g/mol. The number of carbonyl (C=O) groups excluding carboxylic acids is 3. The van der Waals surface area contributed by atoms with Crippen LogP contribution >= 0.6 is 0 Å². The fourth-order valence-electron chi connectivity index (χ4n) is 8.00. The normalized spacial score (nSPS) is 13.3. The first kappa shape index (κ1) is 73.8. The second-order valence-corrected chi connectivity index (χ2v) is 20.2. The minimum Gasteiger partial charge on any atom is -0.462 e. The lowest BCUT2D eigenvalue weighted by Gasteiger charge is -2.18. The Kier molecular flexibility index (Phi) is 61.0. The number of carbonyl (C=O) groups is 3. The zero-order chi connectivity index (χ0) is 57.1. The summed E-state index contributed by atoms with van der Waals surface area (Å²) in [6, 6.07) is 0. The minimum atomic E-state index is -0.823. The molecule has 0 saturated carbocycles. The van der Waals surface area contributed by atoms with E-state index in [0.717, 1.165) is 148 Å². The van der Waals surface area contributed by atoms with Crippen LogP contribution < -0.4 is 0 Å². The van der Waals surface area contributed by atoms with Crippen LogP contribution in [0.25, 0.3) is 0 Å². The SMILES string of the molecule is CC/C=C\C/C=C\C/C=C\C/C=C\C/C=C\C/C=C\C/C=C\C/C=C\CCCCCCCCCCC(=O)OCC(COC(=O)CCCCCCC/C=C\CCCC)OC(=O)CCC/C=C\C/C=C\C/C=C\C/C=C\C/C=C\CC. The molecule has 6 nitrogen and oxygen atoms in total. The Balaban J connectivity index is 4.33. The fourth-order valence-corrected chi connectivity index (χ4v) is 8.00. The van der Waals surface area contributed by atoms with Crippen LogP contribution in [0.3, 0.4) is 0 Å². The summed E-state index contributed by atoms with van der Waals surface area (Å²) in [5.41, 5.74) is 0. The van der Waals surface area contributed by atoms with E-state index in [2.05, 4.69) is 191 Å². The zero-order valence-corrected chi connectivity index (χ0v) is 50.6.